The van der Waals surface area contributed by atoms with Crippen LogP contribution in [0, 0.1) is 0 Å². The van der Waals surface area contributed by atoms with Gasteiger partial charge in [0.2, 0.25) is 5.91 Å². The Kier molecular flexibility index (Phi) is 3.19. The summed E-state index contributed by atoms with van der Waals surface area (Å²) in [4.78, 5) is 26.5. The number of piperazine rings is 1. The van der Waals surface area contributed by atoms with Crippen molar-refractivity contribution in [1.29, 1.82) is 0 Å². The van der Waals surface area contributed by atoms with Crippen molar-refractivity contribution >= 4 is 29.5 Å². The van der Waals surface area contributed by atoms with Crippen LogP contribution in [0.2, 0.25) is 5.02 Å². The van der Waals surface area contributed by atoms with Gasteiger partial charge in [-0.25, -0.2) is 0 Å². The van der Waals surface area contributed by atoms with Crippen molar-refractivity contribution in [1.82, 2.24) is 4.90 Å². The van der Waals surface area contributed by atoms with Gasteiger partial charge in [-0.1, -0.05) is 11.6 Å². The van der Waals surface area contributed by atoms with E-state index in [-0.39, 0.29) is 5.91 Å². The highest BCUT2D eigenvalue weighted by Gasteiger charge is 2.35. The molecule has 1 atom stereocenters. The fourth-order valence-electron chi connectivity index (χ4n) is 2.94. The van der Waals surface area contributed by atoms with Crippen molar-refractivity contribution < 1.29 is 9.59 Å². The molecule has 1 aromatic rings. The molecule has 19 heavy (non-hydrogen) atoms. The van der Waals surface area contributed by atoms with Crippen LogP contribution >= 0.6 is 11.6 Å². The molecule has 1 unspecified atom stereocenters. The summed E-state index contributed by atoms with van der Waals surface area (Å²) >= 11 is 6.23. The topological polar surface area (TPSA) is 40.6 Å². The molecular formula is C14H15ClN2O2. The molecule has 4 nitrogen and oxygen atoms in total. The Hall–Kier alpha value is -1.55. The Morgan fingerprint density at radius 3 is 2.89 bits per heavy atom. The minimum absolute atomic E-state index is 0.270. The second-order valence-electron chi connectivity index (χ2n) is 5.05. The van der Waals surface area contributed by atoms with Gasteiger partial charge in [-0.2, -0.15) is 0 Å². The quantitative estimate of drug-likeness (QED) is 0.777. The summed E-state index contributed by atoms with van der Waals surface area (Å²) in [6.07, 6.45) is 2.39. The first-order valence-electron chi connectivity index (χ1n) is 6.48. The Labute approximate surface area is 116 Å². The highest BCUT2D eigenvalue weighted by molar-refractivity contribution is 6.33. The van der Waals surface area contributed by atoms with Crippen LogP contribution in [0.3, 0.4) is 0 Å². The first-order valence-corrected chi connectivity index (χ1v) is 6.86. The fraction of sp³-hybridized carbons (Fsp3) is 0.429. The lowest BCUT2D eigenvalue weighted by Crippen LogP contribution is -2.51. The molecule has 0 spiro atoms. The highest BCUT2D eigenvalue weighted by Crippen LogP contribution is 2.31. The monoisotopic (exact) mass is 278 g/mol. The molecule has 2 heterocycles. The molecule has 5 heteroatoms. The number of hydrogen-bond donors (Lipinski definition) is 0. The summed E-state index contributed by atoms with van der Waals surface area (Å²) < 4.78 is 0. The zero-order valence-electron chi connectivity index (χ0n) is 10.5. The van der Waals surface area contributed by atoms with Gasteiger partial charge >= 0.3 is 0 Å². The number of nitrogens with zero attached hydrogens (tertiary/aromatic N) is 2. The summed E-state index contributed by atoms with van der Waals surface area (Å²) in [6.45, 7) is 2.38. The van der Waals surface area contributed by atoms with Gasteiger partial charge in [-0.05, 0) is 24.6 Å². The number of carbonyl (C=O) groups is 2. The maximum absolute atomic E-state index is 11.6. The van der Waals surface area contributed by atoms with E-state index in [1.807, 2.05) is 11.0 Å². The molecule has 1 aromatic carbocycles. The number of fused-ring (bicyclic) bond motifs is 1. The van der Waals surface area contributed by atoms with Crippen molar-refractivity contribution in [3.8, 4) is 0 Å². The molecule has 3 rings (SSSR count). The van der Waals surface area contributed by atoms with Gasteiger partial charge in [0.1, 0.15) is 6.29 Å². The zero-order valence-corrected chi connectivity index (χ0v) is 11.3. The molecule has 2 aliphatic heterocycles. The number of aldehydes is 1. The van der Waals surface area contributed by atoms with Crippen molar-refractivity contribution in [2.75, 3.05) is 24.5 Å². The van der Waals surface area contributed by atoms with E-state index in [0.29, 0.717) is 23.0 Å². The molecule has 0 N–H and O–H groups in total. The SMILES string of the molecule is O=Cc1ccc(N2CCN3C(=O)CCC3C2)c(Cl)c1. The van der Waals surface area contributed by atoms with Crippen molar-refractivity contribution in [3.63, 3.8) is 0 Å². The lowest BCUT2D eigenvalue weighted by Gasteiger charge is -2.39. The third kappa shape index (κ3) is 2.21. The van der Waals surface area contributed by atoms with Crippen LogP contribution in [0.1, 0.15) is 23.2 Å². The first kappa shape index (κ1) is 12.5. The van der Waals surface area contributed by atoms with Crippen LogP contribution in [0.4, 0.5) is 5.69 Å². The van der Waals surface area contributed by atoms with Crippen LogP contribution in [-0.4, -0.2) is 42.8 Å². The van der Waals surface area contributed by atoms with Gasteiger partial charge in [0.15, 0.2) is 0 Å². The number of anilines is 1. The van der Waals surface area contributed by atoms with Crippen LogP contribution < -0.4 is 4.90 Å². The summed E-state index contributed by atoms with van der Waals surface area (Å²) in [6, 6.07) is 5.66. The van der Waals surface area contributed by atoms with Crippen LogP contribution in [0.5, 0.6) is 0 Å². The summed E-state index contributed by atoms with van der Waals surface area (Å²) in [5.74, 6) is 0.270. The van der Waals surface area contributed by atoms with Gasteiger partial charge in [-0.3, -0.25) is 9.59 Å². The molecule has 2 fully saturated rings. The molecule has 0 aliphatic carbocycles. The second-order valence-corrected chi connectivity index (χ2v) is 5.46. The molecule has 100 valence electrons. The Balaban J connectivity index is 1.80. The number of hydrogen-bond acceptors (Lipinski definition) is 3. The van der Waals surface area contributed by atoms with Gasteiger partial charge < -0.3 is 9.80 Å². The zero-order chi connectivity index (χ0) is 13.4. The molecule has 2 saturated heterocycles. The maximum atomic E-state index is 11.6. The van der Waals surface area contributed by atoms with E-state index < -0.39 is 0 Å². The Morgan fingerprint density at radius 1 is 1.32 bits per heavy atom. The first-order chi connectivity index (χ1) is 9.19. The molecule has 0 saturated carbocycles. The van der Waals surface area contributed by atoms with E-state index in [1.54, 1.807) is 12.1 Å². The van der Waals surface area contributed by atoms with Gasteiger partial charge in [0.05, 0.1) is 10.7 Å². The number of rotatable bonds is 2. The molecule has 2 aliphatic rings. The average molecular weight is 279 g/mol. The molecular weight excluding hydrogens is 264 g/mol. The standard InChI is InChI=1S/C14H15ClN2O2/c15-12-7-10(9-18)1-3-13(12)16-5-6-17-11(8-16)2-4-14(17)19/h1,3,7,9,11H,2,4-6,8H2. The van der Waals surface area contributed by atoms with E-state index in [4.69, 9.17) is 11.6 Å². The van der Waals surface area contributed by atoms with Crippen LogP contribution in [0.15, 0.2) is 18.2 Å². The molecule has 0 bridgehead atoms. The second kappa shape index (κ2) is 4.85. The predicted molar refractivity (Wildman–Crippen MR) is 73.8 cm³/mol. The van der Waals surface area contributed by atoms with E-state index in [2.05, 4.69) is 4.90 Å². The minimum Gasteiger partial charge on any atom is -0.366 e. The number of amides is 1. The van der Waals surface area contributed by atoms with Gasteiger partial charge in [-0.15, -0.1) is 0 Å². The van der Waals surface area contributed by atoms with Gasteiger partial charge in [0.25, 0.3) is 0 Å². The predicted octanol–water partition coefficient (Wildman–Crippen LogP) is 1.96. The van der Waals surface area contributed by atoms with Crippen molar-refractivity contribution in [3.05, 3.63) is 28.8 Å². The van der Waals surface area contributed by atoms with E-state index in [0.717, 1.165) is 38.0 Å². The third-order valence-corrected chi connectivity index (χ3v) is 4.25. The Bertz CT molecular complexity index is 532. The summed E-state index contributed by atoms with van der Waals surface area (Å²) in [7, 11) is 0. The van der Waals surface area contributed by atoms with Crippen LogP contribution in [0.25, 0.3) is 0 Å². The molecule has 1 amide bonds. The summed E-state index contributed by atoms with van der Waals surface area (Å²) in [5.41, 5.74) is 1.54. The van der Waals surface area contributed by atoms with E-state index >= 15 is 0 Å². The Morgan fingerprint density at radius 2 is 2.16 bits per heavy atom. The number of benzene rings is 1. The summed E-state index contributed by atoms with van der Waals surface area (Å²) in [5, 5.41) is 0.599. The average Bonchev–Trinajstić information content (AvgIpc) is 2.79. The smallest absolute Gasteiger partial charge is 0.223 e. The van der Waals surface area contributed by atoms with Crippen molar-refractivity contribution in [2.24, 2.45) is 0 Å². The lowest BCUT2D eigenvalue weighted by molar-refractivity contribution is -0.129. The lowest BCUT2D eigenvalue weighted by atomic mass is 10.1. The molecule has 0 radical (unpaired) electrons. The normalized spacial score (nSPS) is 22.6. The number of carbonyl (C=O) groups excluding carboxylic acids is 2. The van der Waals surface area contributed by atoms with E-state index in [9.17, 15) is 9.59 Å². The number of halogens is 1. The van der Waals surface area contributed by atoms with E-state index in [1.165, 1.54) is 0 Å². The maximum Gasteiger partial charge on any atom is 0.223 e. The van der Waals surface area contributed by atoms with Crippen molar-refractivity contribution in [2.45, 2.75) is 18.9 Å². The largest absolute Gasteiger partial charge is 0.366 e. The minimum atomic E-state index is 0.270. The van der Waals surface area contributed by atoms with Gasteiger partial charge in [0, 0.05) is 37.7 Å². The molecule has 0 aromatic heterocycles. The fourth-order valence-corrected chi connectivity index (χ4v) is 3.24. The third-order valence-electron chi connectivity index (χ3n) is 3.94. The van der Waals surface area contributed by atoms with Crippen LogP contribution in [-0.2, 0) is 4.79 Å². The highest BCUT2D eigenvalue weighted by atomic mass is 35.5.